The lowest BCUT2D eigenvalue weighted by molar-refractivity contribution is -0.117. The normalized spacial score (nSPS) is 17.7. The second-order valence-corrected chi connectivity index (χ2v) is 9.87. The molecular weight excluding hydrogens is 428 g/mol. The van der Waals surface area contributed by atoms with E-state index in [2.05, 4.69) is 5.32 Å². The lowest BCUT2D eigenvalue weighted by Crippen LogP contribution is -2.41. The fourth-order valence-electron chi connectivity index (χ4n) is 3.49. The molecule has 0 bridgehead atoms. The van der Waals surface area contributed by atoms with Gasteiger partial charge in [-0.2, -0.15) is 0 Å². The SMILES string of the molecule is COc1ccc(CN(CC(=O)Nc2cc(Cl)ccc2OC)C2CCS(=O)(=O)C2)cc1. The maximum Gasteiger partial charge on any atom is 0.238 e. The van der Waals surface area contributed by atoms with E-state index in [4.69, 9.17) is 21.1 Å². The van der Waals surface area contributed by atoms with Crippen LogP contribution in [-0.2, 0) is 21.2 Å². The molecule has 0 aromatic heterocycles. The van der Waals surface area contributed by atoms with Crippen LogP contribution in [0.25, 0.3) is 0 Å². The van der Waals surface area contributed by atoms with E-state index < -0.39 is 9.84 Å². The van der Waals surface area contributed by atoms with Gasteiger partial charge in [-0.05, 0) is 42.3 Å². The molecule has 1 amide bonds. The number of methoxy groups -OCH3 is 2. The molecule has 2 aromatic carbocycles. The fraction of sp³-hybridized carbons (Fsp3) is 0.381. The molecule has 1 saturated heterocycles. The lowest BCUT2D eigenvalue weighted by atomic mass is 10.1. The van der Waals surface area contributed by atoms with Crippen LogP contribution in [0.4, 0.5) is 5.69 Å². The number of rotatable bonds is 8. The van der Waals surface area contributed by atoms with Crippen LogP contribution in [0.1, 0.15) is 12.0 Å². The van der Waals surface area contributed by atoms with Crippen molar-refractivity contribution in [1.82, 2.24) is 4.90 Å². The zero-order chi connectivity index (χ0) is 21.7. The van der Waals surface area contributed by atoms with E-state index >= 15 is 0 Å². The van der Waals surface area contributed by atoms with Crippen LogP contribution in [0.3, 0.4) is 0 Å². The highest BCUT2D eigenvalue weighted by atomic mass is 35.5. The van der Waals surface area contributed by atoms with Gasteiger partial charge < -0.3 is 14.8 Å². The predicted octanol–water partition coefficient (Wildman–Crippen LogP) is 2.99. The van der Waals surface area contributed by atoms with E-state index in [0.717, 1.165) is 11.3 Å². The predicted molar refractivity (Wildman–Crippen MR) is 117 cm³/mol. The first-order valence-electron chi connectivity index (χ1n) is 9.50. The summed E-state index contributed by atoms with van der Waals surface area (Å²) < 4.78 is 34.5. The Hall–Kier alpha value is -2.29. The van der Waals surface area contributed by atoms with Crippen LogP contribution in [0.15, 0.2) is 42.5 Å². The molecule has 1 fully saturated rings. The molecule has 2 aromatic rings. The van der Waals surface area contributed by atoms with Crippen molar-refractivity contribution in [3.63, 3.8) is 0 Å². The number of carbonyl (C=O) groups is 1. The van der Waals surface area contributed by atoms with Gasteiger partial charge in [-0.25, -0.2) is 8.42 Å². The Labute approximate surface area is 181 Å². The number of carbonyl (C=O) groups excluding carboxylic acids is 1. The number of hydrogen-bond acceptors (Lipinski definition) is 6. The van der Waals surface area contributed by atoms with Crippen molar-refractivity contribution < 1.29 is 22.7 Å². The summed E-state index contributed by atoms with van der Waals surface area (Å²) in [6.45, 7) is 0.492. The number of halogens is 1. The number of sulfone groups is 1. The van der Waals surface area contributed by atoms with E-state index in [-0.39, 0.29) is 30.0 Å². The highest BCUT2D eigenvalue weighted by Gasteiger charge is 2.33. The zero-order valence-corrected chi connectivity index (χ0v) is 18.5. The van der Waals surface area contributed by atoms with E-state index in [1.165, 1.54) is 7.11 Å². The van der Waals surface area contributed by atoms with Crippen molar-refractivity contribution in [1.29, 1.82) is 0 Å². The number of ether oxygens (including phenoxy) is 2. The van der Waals surface area contributed by atoms with Crippen molar-refractivity contribution >= 4 is 33.0 Å². The lowest BCUT2D eigenvalue weighted by Gasteiger charge is -2.27. The molecule has 0 radical (unpaired) electrons. The molecule has 9 heteroatoms. The summed E-state index contributed by atoms with van der Waals surface area (Å²) in [5.74, 6) is 1.16. The maximum absolute atomic E-state index is 12.8. The van der Waals surface area contributed by atoms with Crippen LogP contribution < -0.4 is 14.8 Å². The van der Waals surface area contributed by atoms with Crippen LogP contribution in [0.5, 0.6) is 11.5 Å². The molecule has 3 rings (SSSR count). The molecule has 1 unspecified atom stereocenters. The number of anilines is 1. The Bertz CT molecular complexity index is 995. The summed E-state index contributed by atoms with van der Waals surface area (Å²) in [6, 6.07) is 12.3. The topological polar surface area (TPSA) is 84.9 Å². The zero-order valence-electron chi connectivity index (χ0n) is 16.9. The molecular formula is C21H25ClN2O5S. The quantitative estimate of drug-likeness (QED) is 0.662. The van der Waals surface area contributed by atoms with Crippen molar-refractivity contribution in [2.24, 2.45) is 0 Å². The molecule has 1 N–H and O–H groups in total. The van der Waals surface area contributed by atoms with Gasteiger partial charge in [-0.15, -0.1) is 0 Å². The first-order chi connectivity index (χ1) is 14.3. The van der Waals surface area contributed by atoms with E-state index in [9.17, 15) is 13.2 Å². The van der Waals surface area contributed by atoms with Gasteiger partial charge in [0.1, 0.15) is 11.5 Å². The Morgan fingerprint density at radius 3 is 2.50 bits per heavy atom. The van der Waals surface area contributed by atoms with Gasteiger partial charge in [0.15, 0.2) is 9.84 Å². The molecule has 0 saturated carbocycles. The summed E-state index contributed by atoms with van der Waals surface area (Å²) in [7, 11) is 0.0233. The van der Waals surface area contributed by atoms with Crippen LogP contribution in [0.2, 0.25) is 5.02 Å². The molecule has 1 aliphatic rings. The third kappa shape index (κ3) is 5.87. The molecule has 1 atom stereocenters. The van der Waals surface area contributed by atoms with Gasteiger partial charge in [-0.3, -0.25) is 9.69 Å². The highest BCUT2D eigenvalue weighted by molar-refractivity contribution is 7.91. The summed E-state index contributed by atoms with van der Waals surface area (Å²) >= 11 is 6.04. The average molecular weight is 453 g/mol. The second-order valence-electron chi connectivity index (χ2n) is 7.20. The van der Waals surface area contributed by atoms with Gasteiger partial charge >= 0.3 is 0 Å². The Morgan fingerprint density at radius 1 is 1.17 bits per heavy atom. The molecule has 162 valence electrons. The van der Waals surface area contributed by atoms with Gasteiger partial charge in [0.25, 0.3) is 0 Å². The number of nitrogens with zero attached hydrogens (tertiary/aromatic N) is 1. The standard InChI is InChI=1S/C21H25ClN2O5S/c1-28-18-6-3-15(4-7-18)12-24(17-9-10-30(26,27)14-17)13-21(25)23-19-11-16(22)5-8-20(19)29-2/h3-8,11,17H,9-10,12-14H2,1-2H3,(H,23,25). The Morgan fingerprint density at radius 2 is 1.90 bits per heavy atom. The van der Waals surface area contributed by atoms with E-state index in [1.54, 1.807) is 25.3 Å². The minimum Gasteiger partial charge on any atom is -0.497 e. The van der Waals surface area contributed by atoms with Crippen molar-refractivity contribution in [2.45, 2.75) is 19.0 Å². The number of benzene rings is 2. The van der Waals surface area contributed by atoms with E-state index in [1.807, 2.05) is 29.2 Å². The average Bonchev–Trinajstić information content (AvgIpc) is 3.08. The summed E-state index contributed by atoms with van der Waals surface area (Å²) in [6.07, 6.45) is 0.506. The molecule has 1 aliphatic heterocycles. The highest BCUT2D eigenvalue weighted by Crippen LogP contribution is 2.28. The number of amides is 1. The van der Waals surface area contributed by atoms with Crippen LogP contribution >= 0.6 is 11.6 Å². The van der Waals surface area contributed by atoms with Crippen molar-refractivity contribution in [3.05, 3.63) is 53.1 Å². The van der Waals surface area contributed by atoms with E-state index in [0.29, 0.717) is 29.4 Å². The van der Waals surface area contributed by atoms with Gasteiger partial charge in [0, 0.05) is 17.6 Å². The third-order valence-electron chi connectivity index (χ3n) is 5.05. The monoisotopic (exact) mass is 452 g/mol. The van der Waals surface area contributed by atoms with Gasteiger partial charge in [0.05, 0.1) is 38.0 Å². The van der Waals surface area contributed by atoms with Crippen LogP contribution in [0, 0.1) is 0 Å². The molecule has 30 heavy (non-hydrogen) atoms. The smallest absolute Gasteiger partial charge is 0.238 e. The Balaban J connectivity index is 1.76. The first-order valence-corrected chi connectivity index (χ1v) is 11.7. The molecule has 7 nitrogen and oxygen atoms in total. The minimum atomic E-state index is -3.09. The Kier molecular flexibility index (Phi) is 7.23. The number of nitrogens with one attached hydrogen (secondary N) is 1. The van der Waals surface area contributed by atoms with Crippen molar-refractivity contribution in [3.8, 4) is 11.5 Å². The second kappa shape index (κ2) is 9.68. The maximum atomic E-state index is 12.8. The minimum absolute atomic E-state index is 0.0435. The van der Waals surface area contributed by atoms with Gasteiger partial charge in [-0.1, -0.05) is 23.7 Å². The van der Waals surface area contributed by atoms with Crippen LogP contribution in [-0.4, -0.2) is 57.5 Å². The summed E-state index contributed by atoms with van der Waals surface area (Å²) in [5.41, 5.74) is 1.44. The molecule has 1 heterocycles. The molecule has 0 spiro atoms. The third-order valence-corrected chi connectivity index (χ3v) is 7.04. The largest absolute Gasteiger partial charge is 0.497 e. The van der Waals surface area contributed by atoms with Gasteiger partial charge in [0.2, 0.25) is 5.91 Å². The van der Waals surface area contributed by atoms with Crippen molar-refractivity contribution in [2.75, 3.05) is 37.6 Å². The number of hydrogen-bond donors (Lipinski definition) is 1. The fourth-order valence-corrected chi connectivity index (χ4v) is 5.43. The summed E-state index contributed by atoms with van der Waals surface area (Å²) in [4.78, 5) is 14.7. The summed E-state index contributed by atoms with van der Waals surface area (Å²) in [5, 5.41) is 3.30. The first kappa shape index (κ1) is 22.4. The molecule has 0 aliphatic carbocycles.